The van der Waals surface area contributed by atoms with Crippen LogP contribution in [-0.2, 0) is 30.4 Å². The number of unbranched alkanes of at least 4 members (excludes halogenated alkanes) is 1. The average Bonchev–Trinajstić information content (AvgIpc) is 3.58. The van der Waals surface area contributed by atoms with Crippen molar-refractivity contribution in [3.8, 4) is 0 Å². The smallest absolute Gasteiger partial charge is 0.326 e. The summed E-state index contributed by atoms with van der Waals surface area (Å²) in [6, 6.07) is 5.17. The summed E-state index contributed by atoms with van der Waals surface area (Å²) in [5.41, 5.74) is 1.85. The van der Waals surface area contributed by atoms with Crippen LogP contribution in [0, 0.1) is 6.92 Å². The molecule has 0 aliphatic carbocycles. The van der Waals surface area contributed by atoms with Gasteiger partial charge in [0.25, 0.3) is 0 Å². The van der Waals surface area contributed by atoms with E-state index in [0.717, 1.165) is 24.0 Å². The summed E-state index contributed by atoms with van der Waals surface area (Å²) >= 11 is 0. The molecule has 2 aliphatic heterocycles. The lowest BCUT2D eigenvalue weighted by molar-refractivity contribution is -0.146. The summed E-state index contributed by atoms with van der Waals surface area (Å²) in [5.74, 6) is -2.10. The van der Waals surface area contributed by atoms with E-state index in [1.807, 2.05) is 31.2 Å². The van der Waals surface area contributed by atoms with Gasteiger partial charge < -0.3 is 20.2 Å². The quantitative estimate of drug-likeness (QED) is 0.302. The number of Topliss-reactive ketones (excluding diaryl/α,β-unsaturated/α-hetero) is 1. The van der Waals surface area contributed by atoms with Gasteiger partial charge in [0, 0.05) is 38.8 Å². The first kappa shape index (κ1) is 29.1. The highest BCUT2D eigenvalue weighted by Gasteiger charge is 2.41. The van der Waals surface area contributed by atoms with Crippen LogP contribution >= 0.6 is 0 Å². The molecule has 206 valence electrons. The molecule has 0 radical (unpaired) electrons. The molecule has 9 nitrogen and oxygen atoms in total. The van der Waals surface area contributed by atoms with Crippen molar-refractivity contribution in [3.63, 3.8) is 0 Å². The van der Waals surface area contributed by atoms with Gasteiger partial charge in [-0.1, -0.05) is 35.9 Å². The zero-order valence-corrected chi connectivity index (χ0v) is 22.2. The van der Waals surface area contributed by atoms with Crippen molar-refractivity contribution in [2.24, 2.45) is 0 Å². The minimum Gasteiger partial charge on any atom is -0.480 e. The van der Waals surface area contributed by atoms with Crippen LogP contribution in [0.3, 0.4) is 0 Å². The number of carbonyl (C=O) groups is 5. The van der Waals surface area contributed by atoms with E-state index in [0.29, 0.717) is 45.2 Å². The third-order valence-corrected chi connectivity index (χ3v) is 7.36. The van der Waals surface area contributed by atoms with Crippen LogP contribution in [0.15, 0.2) is 36.9 Å². The Bertz CT molecular complexity index is 1040. The van der Waals surface area contributed by atoms with E-state index in [2.05, 4.69) is 11.9 Å². The summed E-state index contributed by atoms with van der Waals surface area (Å²) < 4.78 is 0. The number of nitrogens with zero attached hydrogens (tertiary/aromatic N) is 2. The van der Waals surface area contributed by atoms with E-state index in [1.165, 1.54) is 0 Å². The molecule has 38 heavy (non-hydrogen) atoms. The number of allylic oxidation sites excluding steroid dienone is 1. The lowest BCUT2D eigenvalue weighted by Crippen LogP contribution is -2.51. The molecule has 0 spiro atoms. The summed E-state index contributed by atoms with van der Waals surface area (Å²) in [6.45, 7) is 6.61. The van der Waals surface area contributed by atoms with Crippen molar-refractivity contribution >= 4 is 29.5 Å². The summed E-state index contributed by atoms with van der Waals surface area (Å²) in [6.07, 6.45) is 6.05. The Hall–Kier alpha value is -3.49. The minimum absolute atomic E-state index is 0.0416. The minimum atomic E-state index is -1.14. The van der Waals surface area contributed by atoms with E-state index in [-0.39, 0.29) is 36.9 Å². The number of rotatable bonds is 13. The number of amides is 3. The monoisotopic (exact) mass is 525 g/mol. The second-order valence-electron chi connectivity index (χ2n) is 10.2. The molecule has 2 heterocycles. The van der Waals surface area contributed by atoms with Crippen LogP contribution in [0.5, 0.6) is 0 Å². The van der Waals surface area contributed by atoms with Crippen molar-refractivity contribution in [1.29, 1.82) is 0 Å². The molecular formula is C29H39N3O6. The predicted octanol–water partition coefficient (Wildman–Crippen LogP) is 2.79. The number of hydrogen-bond acceptors (Lipinski definition) is 5. The van der Waals surface area contributed by atoms with Gasteiger partial charge in [-0.2, -0.15) is 0 Å². The Morgan fingerprint density at radius 3 is 2.32 bits per heavy atom. The zero-order chi connectivity index (χ0) is 27.7. The van der Waals surface area contributed by atoms with Crippen LogP contribution in [0.2, 0.25) is 0 Å². The SMILES string of the molecule is C=CCCCC(=O)N1CCC[C@H]1C(=O)N1CCC[C@H]1C(=O)CCC(=O)N[C@@H](Cc1ccc(C)cc1)C(=O)O. The molecular weight excluding hydrogens is 486 g/mol. The molecule has 3 atom stereocenters. The van der Waals surface area contributed by atoms with Gasteiger partial charge in [0.2, 0.25) is 17.7 Å². The second-order valence-corrected chi connectivity index (χ2v) is 10.2. The molecule has 2 N–H and O–H groups in total. The first-order valence-electron chi connectivity index (χ1n) is 13.5. The van der Waals surface area contributed by atoms with Gasteiger partial charge in [-0.15, -0.1) is 6.58 Å². The topological polar surface area (TPSA) is 124 Å². The van der Waals surface area contributed by atoms with Gasteiger partial charge in [-0.05, 0) is 51.0 Å². The third-order valence-electron chi connectivity index (χ3n) is 7.36. The van der Waals surface area contributed by atoms with Crippen LogP contribution in [0.1, 0.15) is 68.9 Å². The second kappa shape index (κ2) is 13.9. The number of carboxylic acid groups (broad SMARTS) is 1. The first-order chi connectivity index (χ1) is 18.2. The molecule has 1 aromatic rings. The Labute approximate surface area is 224 Å². The fourth-order valence-electron chi connectivity index (χ4n) is 5.25. The number of carbonyl (C=O) groups excluding carboxylic acids is 4. The molecule has 2 saturated heterocycles. The van der Waals surface area contributed by atoms with Gasteiger partial charge in [0.15, 0.2) is 5.78 Å². The van der Waals surface area contributed by atoms with Crippen molar-refractivity contribution < 1.29 is 29.1 Å². The lowest BCUT2D eigenvalue weighted by Gasteiger charge is -2.31. The summed E-state index contributed by atoms with van der Waals surface area (Å²) in [5, 5.41) is 12.1. The summed E-state index contributed by atoms with van der Waals surface area (Å²) in [4.78, 5) is 66.5. The third kappa shape index (κ3) is 7.76. The highest BCUT2D eigenvalue weighted by atomic mass is 16.4. The molecule has 3 amide bonds. The lowest BCUT2D eigenvalue weighted by atomic mass is 10.0. The maximum atomic E-state index is 13.4. The first-order valence-corrected chi connectivity index (χ1v) is 13.5. The fourth-order valence-corrected chi connectivity index (χ4v) is 5.25. The highest BCUT2D eigenvalue weighted by molar-refractivity contribution is 5.95. The molecule has 0 unspecified atom stereocenters. The number of benzene rings is 1. The molecule has 0 saturated carbocycles. The molecule has 1 aromatic carbocycles. The number of nitrogens with one attached hydrogen (secondary N) is 1. The van der Waals surface area contributed by atoms with Crippen molar-refractivity contribution in [2.45, 2.75) is 89.3 Å². The van der Waals surface area contributed by atoms with E-state index >= 15 is 0 Å². The molecule has 0 aromatic heterocycles. The number of ketones is 1. The molecule has 2 aliphatic rings. The van der Waals surface area contributed by atoms with Gasteiger partial charge in [0.05, 0.1) is 6.04 Å². The number of aliphatic carboxylic acids is 1. The molecule has 9 heteroatoms. The van der Waals surface area contributed by atoms with Crippen LogP contribution in [0.4, 0.5) is 0 Å². The normalized spacial score (nSPS) is 19.7. The number of hydrogen-bond donors (Lipinski definition) is 2. The van der Waals surface area contributed by atoms with Gasteiger partial charge >= 0.3 is 5.97 Å². The maximum Gasteiger partial charge on any atom is 0.326 e. The van der Waals surface area contributed by atoms with Gasteiger partial charge in [-0.25, -0.2) is 4.79 Å². The Kier molecular flexibility index (Phi) is 10.6. The number of likely N-dealkylation sites (tertiary alicyclic amines) is 2. The van der Waals surface area contributed by atoms with E-state index in [1.54, 1.807) is 15.9 Å². The average molecular weight is 526 g/mol. The standard InChI is InChI=1S/C29H39N3O6/c1-3-4-5-10-27(35)31-17-7-9-24(31)28(36)32-18-6-8-23(32)25(33)15-16-26(34)30-22(29(37)38)19-21-13-11-20(2)12-14-21/h3,11-14,22-24H,1,4-10,15-19H2,2H3,(H,30,34)(H,37,38)/t22-,23-,24-/m0/s1. The van der Waals surface area contributed by atoms with E-state index in [9.17, 15) is 29.1 Å². The molecule has 2 fully saturated rings. The van der Waals surface area contributed by atoms with Crippen LogP contribution in [-0.4, -0.2) is 75.6 Å². The van der Waals surface area contributed by atoms with Gasteiger partial charge in [0.1, 0.15) is 12.1 Å². The Morgan fingerprint density at radius 2 is 1.66 bits per heavy atom. The number of aryl methyl sites for hydroxylation is 1. The number of carboxylic acids is 1. The van der Waals surface area contributed by atoms with Crippen LogP contribution < -0.4 is 5.32 Å². The largest absolute Gasteiger partial charge is 0.480 e. The molecule has 0 bridgehead atoms. The highest BCUT2D eigenvalue weighted by Crippen LogP contribution is 2.26. The van der Waals surface area contributed by atoms with E-state index < -0.39 is 30.0 Å². The summed E-state index contributed by atoms with van der Waals surface area (Å²) in [7, 11) is 0. The van der Waals surface area contributed by atoms with Crippen molar-refractivity contribution in [2.75, 3.05) is 13.1 Å². The predicted molar refractivity (Wildman–Crippen MR) is 142 cm³/mol. The Balaban J connectivity index is 1.53. The van der Waals surface area contributed by atoms with Crippen molar-refractivity contribution in [1.82, 2.24) is 15.1 Å². The molecule has 3 rings (SSSR count). The zero-order valence-electron chi connectivity index (χ0n) is 22.2. The van der Waals surface area contributed by atoms with E-state index in [4.69, 9.17) is 0 Å². The van der Waals surface area contributed by atoms with Crippen molar-refractivity contribution in [3.05, 3.63) is 48.0 Å². The fraction of sp³-hybridized carbons (Fsp3) is 0.552. The van der Waals surface area contributed by atoms with Crippen LogP contribution in [0.25, 0.3) is 0 Å². The Morgan fingerprint density at radius 1 is 1.00 bits per heavy atom. The van der Waals surface area contributed by atoms with Gasteiger partial charge in [-0.3, -0.25) is 19.2 Å². The maximum absolute atomic E-state index is 13.4.